The molecule has 2 aromatic rings. The van der Waals surface area contributed by atoms with Gasteiger partial charge in [-0.1, -0.05) is 23.9 Å². The van der Waals surface area contributed by atoms with Gasteiger partial charge < -0.3 is 0 Å². The first-order chi connectivity index (χ1) is 9.24. The Morgan fingerprint density at radius 3 is 2.63 bits per heavy atom. The van der Waals surface area contributed by atoms with Gasteiger partial charge in [0.15, 0.2) is 11.4 Å². The SMILES string of the molecule is CSC(=Nc1ccc(-c2ccnn2C)cc1)NC#N. The van der Waals surface area contributed by atoms with E-state index in [2.05, 4.69) is 15.4 Å². The smallest absolute Gasteiger partial charge is 0.183 e. The van der Waals surface area contributed by atoms with Gasteiger partial charge in [-0.25, -0.2) is 4.99 Å². The molecule has 0 amide bonds. The Bertz CT molecular complexity index is 621. The largest absolute Gasteiger partial charge is 0.271 e. The number of amidine groups is 1. The summed E-state index contributed by atoms with van der Waals surface area (Å²) >= 11 is 1.40. The monoisotopic (exact) mass is 271 g/mol. The molecule has 0 aliphatic heterocycles. The number of nitrogens with zero attached hydrogens (tertiary/aromatic N) is 4. The second-order valence-electron chi connectivity index (χ2n) is 3.74. The van der Waals surface area contributed by atoms with Crippen LogP contribution in [0.4, 0.5) is 5.69 Å². The first-order valence-electron chi connectivity index (χ1n) is 5.61. The molecule has 0 bridgehead atoms. The van der Waals surface area contributed by atoms with Gasteiger partial charge in [-0.15, -0.1) is 0 Å². The highest BCUT2D eigenvalue weighted by Crippen LogP contribution is 2.22. The van der Waals surface area contributed by atoms with Crippen molar-refractivity contribution in [3.05, 3.63) is 36.5 Å². The minimum Gasteiger partial charge on any atom is -0.271 e. The van der Waals surface area contributed by atoms with Crippen LogP contribution in [0, 0.1) is 11.5 Å². The molecule has 19 heavy (non-hydrogen) atoms. The highest BCUT2D eigenvalue weighted by Gasteiger charge is 2.02. The maximum atomic E-state index is 8.58. The predicted octanol–water partition coefficient (Wildman–Crippen LogP) is 2.51. The van der Waals surface area contributed by atoms with Crippen molar-refractivity contribution in [2.24, 2.45) is 12.0 Å². The lowest BCUT2D eigenvalue weighted by atomic mass is 10.1. The molecule has 0 unspecified atom stereocenters. The maximum absolute atomic E-state index is 8.58. The van der Waals surface area contributed by atoms with Crippen LogP contribution in [-0.4, -0.2) is 21.2 Å². The summed E-state index contributed by atoms with van der Waals surface area (Å²) in [5, 5.41) is 15.8. The zero-order valence-corrected chi connectivity index (χ0v) is 11.5. The number of benzene rings is 1. The predicted molar refractivity (Wildman–Crippen MR) is 78.0 cm³/mol. The summed E-state index contributed by atoms with van der Waals surface area (Å²) < 4.78 is 1.82. The fourth-order valence-electron chi connectivity index (χ4n) is 1.65. The summed E-state index contributed by atoms with van der Waals surface area (Å²) in [7, 11) is 1.91. The number of nitriles is 1. The molecule has 1 heterocycles. The lowest BCUT2D eigenvalue weighted by Crippen LogP contribution is -2.12. The first-order valence-corrected chi connectivity index (χ1v) is 6.83. The summed E-state index contributed by atoms with van der Waals surface area (Å²) in [5.74, 6) is 0. The van der Waals surface area contributed by atoms with Gasteiger partial charge in [0, 0.05) is 13.2 Å². The van der Waals surface area contributed by atoms with Crippen molar-refractivity contribution in [1.29, 1.82) is 5.26 Å². The van der Waals surface area contributed by atoms with Crippen molar-refractivity contribution < 1.29 is 0 Å². The molecule has 5 nitrogen and oxygen atoms in total. The van der Waals surface area contributed by atoms with Gasteiger partial charge in [0.1, 0.15) is 0 Å². The van der Waals surface area contributed by atoms with E-state index in [1.807, 2.05) is 54.5 Å². The van der Waals surface area contributed by atoms with Crippen molar-refractivity contribution in [1.82, 2.24) is 15.1 Å². The summed E-state index contributed by atoms with van der Waals surface area (Å²) in [6, 6.07) is 9.76. The van der Waals surface area contributed by atoms with Crippen LogP contribution in [0.1, 0.15) is 0 Å². The van der Waals surface area contributed by atoms with Crippen molar-refractivity contribution in [2.75, 3.05) is 6.26 Å². The van der Waals surface area contributed by atoms with Gasteiger partial charge in [0.25, 0.3) is 0 Å². The topological polar surface area (TPSA) is 66.0 Å². The standard InChI is InChI=1S/C13H13N5S/c1-18-12(7-8-16-18)10-3-5-11(6-4-10)17-13(19-2)15-9-14/h3-8H,1-2H3,(H,15,17). The molecule has 6 heteroatoms. The Balaban J connectivity index is 2.24. The van der Waals surface area contributed by atoms with Crippen LogP contribution in [0.25, 0.3) is 11.3 Å². The molecule has 0 aliphatic rings. The molecule has 0 atom stereocenters. The summed E-state index contributed by atoms with van der Waals surface area (Å²) in [5.41, 5.74) is 2.94. The Morgan fingerprint density at radius 2 is 2.11 bits per heavy atom. The third-order valence-corrected chi connectivity index (χ3v) is 3.15. The maximum Gasteiger partial charge on any atom is 0.183 e. The highest BCUT2D eigenvalue weighted by atomic mass is 32.2. The molecule has 1 aromatic carbocycles. The van der Waals surface area contributed by atoms with Gasteiger partial charge in [-0.2, -0.15) is 10.4 Å². The summed E-state index contributed by atoms with van der Waals surface area (Å²) in [6.07, 6.45) is 5.50. The molecule has 2 rings (SSSR count). The van der Waals surface area contributed by atoms with Gasteiger partial charge in [0.2, 0.25) is 0 Å². The van der Waals surface area contributed by atoms with Crippen LogP contribution >= 0.6 is 11.8 Å². The van der Waals surface area contributed by atoms with E-state index in [0.29, 0.717) is 5.17 Å². The molecule has 1 aromatic heterocycles. The Kier molecular flexibility index (Phi) is 4.21. The van der Waals surface area contributed by atoms with Crippen LogP contribution in [0.2, 0.25) is 0 Å². The van der Waals surface area contributed by atoms with Crippen molar-refractivity contribution in [2.45, 2.75) is 0 Å². The lowest BCUT2D eigenvalue weighted by Gasteiger charge is -2.03. The number of nitrogens with one attached hydrogen (secondary N) is 1. The third kappa shape index (κ3) is 3.14. The molecule has 0 fully saturated rings. The molecule has 0 aliphatic carbocycles. The Morgan fingerprint density at radius 1 is 1.37 bits per heavy atom. The minimum atomic E-state index is 0.579. The van der Waals surface area contributed by atoms with Crippen LogP contribution in [0.3, 0.4) is 0 Å². The van der Waals surface area contributed by atoms with E-state index in [4.69, 9.17) is 5.26 Å². The summed E-state index contributed by atoms with van der Waals surface area (Å²) in [4.78, 5) is 4.34. The highest BCUT2D eigenvalue weighted by molar-refractivity contribution is 8.13. The number of hydrogen-bond donors (Lipinski definition) is 1. The molecule has 1 N–H and O–H groups in total. The zero-order valence-electron chi connectivity index (χ0n) is 10.7. The van der Waals surface area contributed by atoms with Gasteiger partial charge in [-0.3, -0.25) is 10.00 Å². The Labute approximate surface area is 116 Å². The van der Waals surface area contributed by atoms with Gasteiger partial charge in [-0.05, 0) is 30.0 Å². The number of aromatic nitrogens is 2. The number of aliphatic imine (C=N–C) groups is 1. The second kappa shape index (κ2) is 6.07. The van der Waals surface area contributed by atoms with Crippen molar-refractivity contribution in [3.63, 3.8) is 0 Å². The number of aryl methyl sites for hydroxylation is 1. The fraction of sp³-hybridized carbons (Fsp3) is 0.154. The van der Waals surface area contributed by atoms with Crippen LogP contribution < -0.4 is 5.32 Å². The Hall–Kier alpha value is -2.26. The van der Waals surface area contributed by atoms with E-state index in [0.717, 1.165) is 16.9 Å². The van der Waals surface area contributed by atoms with E-state index in [-0.39, 0.29) is 0 Å². The number of rotatable bonds is 2. The quantitative estimate of drug-likeness (QED) is 0.394. The van der Waals surface area contributed by atoms with Crippen molar-refractivity contribution >= 4 is 22.6 Å². The van der Waals surface area contributed by atoms with Crippen LogP contribution in [0.5, 0.6) is 0 Å². The average molecular weight is 271 g/mol. The lowest BCUT2D eigenvalue weighted by molar-refractivity contribution is 0.776. The normalized spacial score (nSPS) is 11.1. The van der Waals surface area contributed by atoms with Gasteiger partial charge >= 0.3 is 0 Å². The zero-order chi connectivity index (χ0) is 13.7. The van der Waals surface area contributed by atoms with E-state index in [1.54, 1.807) is 6.20 Å². The molecule has 0 saturated heterocycles. The third-order valence-electron chi connectivity index (χ3n) is 2.57. The summed E-state index contributed by atoms with van der Waals surface area (Å²) in [6.45, 7) is 0. The molecule has 0 spiro atoms. The van der Waals surface area contributed by atoms with Crippen molar-refractivity contribution in [3.8, 4) is 17.5 Å². The number of hydrogen-bond acceptors (Lipinski definition) is 4. The number of thioether (sulfide) groups is 1. The second-order valence-corrected chi connectivity index (χ2v) is 4.54. The van der Waals surface area contributed by atoms with E-state index >= 15 is 0 Å². The van der Waals surface area contributed by atoms with E-state index in [1.165, 1.54) is 11.8 Å². The van der Waals surface area contributed by atoms with Crippen LogP contribution in [-0.2, 0) is 7.05 Å². The minimum absolute atomic E-state index is 0.579. The average Bonchev–Trinajstić information content (AvgIpc) is 2.85. The van der Waals surface area contributed by atoms with Crippen LogP contribution in [0.15, 0.2) is 41.5 Å². The molecule has 96 valence electrons. The van der Waals surface area contributed by atoms with E-state index < -0.39 is 0 Å². The first kappa shape index (κ1) is 13.2. The fourth-order valence-corrected chi connectivity index (χ4v) is 2.00. The van der Waals surface area contributed by atoms with E-state index in [9.17, 15) is 0 Å². The molecule has 0 saturated carbocycles. The molecule has 0 radical (unpaired) electrons. The van der Waals surface area contributed by atoms with Gasteiger partial charge in [0.05, 0.1) is 11.4 Å². The molecular formula is C13H13N5S. The molecular weight excluding hydrogens is 258 g/mol.